The Labute approximate surface area is 117 Å². The van der Waals surface area contributed by atoms with Gasteiger partial charge in [0.05, 0.1) is 6.54 Å². The zero-order valence-corrected chi connectivity index (χ0v) is 10.8. The third kappa shape index (κ3) is 2.49. The maximum absolute atomic E-state index is 12.8. The number of nitrogens with one attached hydrogen (secondary N) is 1. The van der Waals surface area contributed by atoms with E-state index in [-0.39, 0.29) is 18.9 Å². The maximum atomic E-state index is 12.8. The summed E-state index contributed by atoms with van der Waals surface area (Å²) in [7, 11) is 0. The van der Waals surface area contributed by atoms with Gasteiger partial charge < -0.3 is 14.9 Å². The highest BCUT2D eigenvalue weighted by molar-refractivity contribution is 5.46. The zero-order valence-electron chi connectivity index (χ0n) is 10.8. The molecular formula is C11H12F3N7. The van der Waals surface area contributed by atoms with Gasteiger partial charge in [0.15, 0.2) is 5.82 Å². The van der Waals surface area contributed by atoms with Crippen molar-refractivity contribution >= 4 is 11.6 Å². The molecule has 0 fully saturated rings. The maximum Gasteiger partial charge on any atom is 0.451 e. The molecule has 112 valence electrons. The molecule has 21 heavy (non-hydrogen) atoms. The number of nitrogen functional groups attached to an aromatic ring is 1. The molecule has 0 atom stereocenters. The summed E-state index contributed by atoms with van der Waals surface area (Å²) in [6.45, 7) is 0.748. The van der Waals surface area contributed by atoms with E-state index in [9.17, 15) is 13.2 Å². The number of nitrogens with zero attached hydrogens (tertiary/aromatic N) is 5. The van der Waals surface area contributed by atoms with Crippen LogP contribution < -0.4 is 16.2 Å². The SMILES string of the molecule is NNc1cccc(N2CCn3c(nnc3C(F)(F)F)C2)n1. The van der Waals surface area contributed by atoms with Crippen molar-refractivity contribution < 1.29 is 13.2 Å². The smallest absolute Gasteiger partial charge is 0.347 e. The lowest BCUT2D eigenvalue weighted by Gasteiger charge is -2.29. The minimum Gasteiger partial charge on any atom is -0.347 e. The van der Waals surface area contributed by atoms with Crippen molar-refractivity contribution in [1.29, 1.82) is 0 Å². The van der Waals surface area contributed by atoms with Crippen molar-refractivity contribution in [2.75, 3.05) is 16.9 Å². The van der Waals surface area contributed by atoms with Gasteiger partial charge in [0.25, 0.3) is 0 Å². The standard InChI is InChI=1S/C11H12F3N7/c12-11(13,14)10-19-18-9-6-20(4-5-21(9)10)8-3-1-2-7(16-8)17-15/h1-3H,4-6,15H2,(H,16,17). The molecule has 0 saturated carbocycles. The van der Waals surface area contributed by atoms with Crippen molar-refractivity contribution in [1.82, 2.24) is 19.7 Å². The van der Waals surface area contributed by atoms with E-state index in [4.69, 9.17) is 5.84 Å². The molecular weight excluding hydrogens is 287 g/mol. The normalized spacial score (nSPS) is 15.0. The molecule has 1 aliphatic heterocycles. The van der Waals surface area contributed by atoms with E-state index in [0.29, 0.717) is 18.2 Å². The molecule has 3 heterocycles. The zero-order chi connectivity index (χ0) is 15.0. The first-order chi connectivity index (χ1) is 9.99. The van der Waals surface area contributed by atoms with Gasteiger partial charge in [0.2, 0.25) is 5.82 Å². The van der Waals surface area contributed by atoms with Crippen molar-refractivity contribution in [3.63, 3.8) is 0 Å². The minimum atomic E-state index is -4.49. The summed E-state index contributed by atoms with van der Waals surface area (Å²) in [4.78, 5) is 6.08. The predicted octanol–water partition coefficient (Wildman–Crippen LogP) is 0.998. The molecule has 0 unspecified atom stereocenters. The van der Waals surface area contributed by atoms with Crippen LogP contribution in [-0.2, 0) is 19.3 Å². The molecule has 0 amide bonds. The van der Waals surface area contributed by atoms with E-state index < -0.39 is 12.0 Å². The molecule has 0 radical (unpaired) electrons. The van der Waals surface area contributed by atoms with Gasteiger partial charge in [-0.15, -0.1) is 10.2 Å². The quantitative estimate of drug-likeness (QED) is 0.635. The van der Waals surface area contributed by atoms with Gasteiger partial charge in [-0.05, 0) is 12.1 Å². The van der Waals surface area contributed by atoms with Crippen LogP contribution in [0, 0.1) is 0 Å². The second-order valence-corrected chi connectivity index (χ2v) is 4.54. The van der Waals surface area contributed by atoms with E-state index in [1.165, 1.54) is 0 Å². The number of aromatic nitrogens is 4. The highest BCUT2D eigenvalue weighted by Gasteiger charge is 2.39. The Bertz CT molecular complexity index is 652. The largest absolute Gasteiger partial charge is 0.451 e. The van der Waals surface area contributed by atoms with Crippen LogP contribution in [0.4, 0.5) is 24.8 Å². The lowest BCUT2D eigenvalue weighted by atomic mass is 10.3. The molecule has 7 nitrogen and oxygen atoms in total. The summed E-state index contributed by atoms with van der Waals surface area (Å²) in [5.41, 5.74) is 2.43. The first-order valence-corrected chi connectivity index (χ1v) is 6.17. The summed E-state index contributed by atoms with van der Waals surface area (Å²) < 4.78 is 39.4. The number of nitrogens with two attached hydrogens (primary N) is 1. The third-order valence-electron chi connectivity index (χ3n) is 3.21. The van der Waals surface area contributed by atoms with Crippen LogP contribution in [0.3, 0.4) is 0 Å². The first-order valence-electron chi connectivity index (χ1n) is 6.17. The highest BCUT2D eigenvalue weighted by Crippen LogP contribution is 2.30. The molecule has 3 N–H and O–H groups in total. The average molecular weight is 299 g/mol. The predicted molar refractivity (Wildman–Crippen MR) is 68.1 cm³/mol. The molecule has 0 aliphatic carbocycles. The monoisotopic (exact) mass is 299 g/mol. The summed E-state index contributed by atoms with van der Waals surface area (Å²) in [5.74, 6) is 5.70. The Balaban J connectivity index is 1.86. The molecule has 2 aromatic heterocycles. The summed E-state index contributed by atoms with van der Waals surface area (Å²) in [5, 5.41) is 6.86. The van der Waals surface area contributed by atoms with E-state index in [0.717, 1.165) is 4.57 Å². The summed E-state index contributed by atoms with van der Waals surface area (Å²) in [6.07, 6.45) is -4.49. The van der Waals surface area contributed by atoms with Crippen molar-refractivity contribution in [2.24, 2.45) is 5.84 Å². The number of fused-ring (bicyclic) bond motifs is 1. The van der Waals surface area contributed by atoms with Gasteiger partial charge in [0.1, 0.15) is 11.6 Å². The fourth-order valence-corrected chi connectivity index (χ4v) is 2.24. The number of alkyl halides is 3. The Morgan fingerprint density at radius 3 is 2.71 bits per heavy atom. The van der Waals surface area contributed by atoms with Crippen LogP contribution in [0.2, 0.25) is 0 Å². The lowest BCUT2D eigenvalue weighted by Crippen LogP contribution is -2.35. The van der Waals surface area contributed by atoms with Crippen molar-refractivity contribution in [3.05, 3.63) is 29.8 Å². The van der Waals surface area contributed by atoms with Gasteiger partial charge >= 0.3 is 6.18 Å². The Hall–Kier alpha value is -2.36. The number of halogens is 3. The number of hydrogen-bond acceptors (Lipinski definition) is 6. The van der Waals surface area contributed by atoms with Gasteiger partial charge in [-0.1, -0.05) is 6.07 Å². The molecule has 1 aliphatic rings. The topological polar surface area (TPSA) is 84.9 Å². The first kappa shape index (κ1) is 13.6. The highest BCUT2D eigenvalue weighted by atomic mass is 19.4. The number of rotatable bonds is 2. The van der Waals surface area contributed by atoms with Crippen LogP contribution in [0.1, 0.15) is 11.6 Å². The lowest BCUT2D eigenvalue weighted by molar-refractivity contribution is -0.147. The fourth-order valence-electron chi connectivity index (χ4n) is 2.24. The Kier molecular flexibility index (Phi) is 3.16. The minimum absolute atomic E-state index is 0.152. The number of hydrazine groups is 1. The number of pyridine rings is 1. The van der Waals surface area contributed by atoms with Gasteiger partial charge in [-0.3, -0.25) is 0 Å². The second-order valence-electron chi connectivity index (χ2n) is 4.54. The van der Waals surface area contributed by atoms with Crippen LogP contribution in [0.25, 0.3) is 0 Å². The van der Waals surface area contributed by atoms with Crippen molar-refractivity contribution in [2.45, 2.75) is 19.3 Å². The molecule has 0 bridgehead atoms. The van der Waals surface area contributed by atoms with E-state index >= 15 is 0 Å². The number of hydrogen-bond donors (Lipinski definition) is 2. The van der Waals surface area contributed by atoms with Gasteiger partial charge in [-0.2, -0.15) is 13.2 Å². The fraction of sp³-hybridized carbons (Fsp3) is 0.364. The van der Waals surface area contributed by atoms with Crippen LogP contribution in [-0.4, -0.2) is 26.3 Å². The van der Waals surface area contributed by atoms with Crippen LogP contribution >= 0.6 is 0 Å². The van der Waals surface area contributed by atoms with Gasteiger partial charge in [-0.25, -0.2) is 10.8 Å². The molecule has 0 spiro atoms. The third-order valence-corrected chi connectivity index (χ3v) is 3.21. The van der Waals surface area contributed by atoms with E-state index in [1.807, 2.05) is 4.90 Å². The second kappa shape index (κ2) is 4.88. The average Bonchev–Trinajstić information content (AvgIpc) is 2.90. The molecule has 10 heteroatoms. The molecule has 3 rings (SSSR count). The molecule has 2 aromatic rings. The van der Waals surface area contributed by atoms with Crippen LogP contribution in [0.5, 0.6) is 0 Å². The molecule has 0 saturated heterocycles. The number of anilines is 2. The van der Waals surface area contributed by atoms with E-state index in [1.54, 1.807) is 18.2 Å². The molecule has 0 aromatic carbocycles. The summed E-state index contributed by atoms with van der Waals surface area (Å²) >= 11 is 0. The van der Waals surface area contributed by atoms with Crippen LogP contribution in [0.15, 0.2) is 18.2 Å². The van der Waals surface area contributed by atoms with Crippen molar-refractivity contribution in [3.8, 4) is 0 Å². The van der Waals surface area contributed by atoms with E-state index in [2.05, 4.69) is 20.6 Å². The summed E-state index contributed by atoms with van der Waals surface area (Å²) in [6, 6.07) is 5.22. The van der Waals surface area contributed by atoms with Gasteiger partial charge in [0, 0.05) is 13.1 Å². The Morgan fingerprint density at radius 2 is 2.00 bits per heavy atom. The Morgan fingerprint density at radius 1 is 1.19 bits per heavy atom.